The first kappa shape index (κ1) is 26.7. The number of halogens is 4. The number of thioether (sulfide) groups is 1. The summed E-state index contributed by atoms with van der Waals surface area (Å²) in [5, 5.41) is 0.691. The molecule has 0 radical (unpaired) electrons. The number of esters is 1. The van der Waals surface area contributed by atoms with Crippen LogP contribution in [-0.4, -0.2) is 34.2 Å². The highest BCUT2D eigenvalue weighted by Gasteiger charge is 2.37. The fraction of sp³-hybridized carbons (Fsp3) is 0.261. The zero-order chi connectivity index (χ0) is 25.2. The van der Waals surface area contributed by atoms with Gasteiger partial charge in [0.1, 0.15) is 18.8 Å². The first-order valence-electron chi connectivity index (χ1n) is 9.87. The normalized spacial score (nSPS) is 15.3. The van der Waals surface area contributed by atoms with E-state index >= 15 is 0 Å². The third-order valence-electron chi connectivity index (χ3n) is 4.27. The number of rotatable bonds is 6. The zero-order valence-electron chi connectivity index (χ0n) is 18.3. The van der Waals surface area contributed by atoms with Gasteiger partial charge >= 0.3 is 5.97 Å². The van der Waals surface area contributed by atoms with E-state index in [9.17, 15) is 14.4 Å². The van der Waals surface area contributed by atoms with Crippen LogP contribution in [0.4, 0.5) is 4.79 Å². The number of imide groups is 1. The molecule has 0 bridgehead atoms. The lowest BCUT2D eigenvalue weighted by atomic mass is 10.2. The standard InChI is InChI=1S/C23H19Cl4NO5S/c1-23(2,3)33-19(29)10-28-21(30)18(34-22(28)31)9-13-7-16(26)20(17(27)8-13)32-11-12-4-5-14(24)15(25)6-12/h4-9H,10-11H2,1-3H3. The lowest BCUT2D eigenvalue weighted by Crippen LogP contribution is -2.37. The second-order valence-corrected chi connectivity index (χ2v) is 10.8. The number of hydrogen-bond acceptors (Lipinski definition) is 6. The Balaban J connectivity index is 1.73. The second-order valence-electron chi connectivity index (χ2n) is 8.21. The van der Waals surface area contributed by atoms with E-state index in [4.69, 9.17) is 55.9 Å². The monoisotopic (exact) mass is 561 g/mol. The van der Waals surface area contributed by atoms with Gasteiger partial charge in [-0.05, 0) is 74.0 Å². The van der Waals surface area contributed by atoms with Crippen LogP contribution < -0.4 is 4.74 Å². The maximum Gasteiger partial charge on any atom is 0.326 e. The summed E-state index contributed by atoms with van der Waals surface area (Å²) in [6.07, 6.45) is 1.47. The molecule has 0 saturated carbocycles. The Labute approximate surface area is 221 Å². The molecular formula is C23H19Cl4NO5S. The van der Waals surface area contributed by atoms with Crippen molar-refractivity contribution in [2.45, 2.75) is 33.0 Å². The van der Waals surface area contributed by atoms with Gasteiger partial charge in [0.2, 0.25) is 0 Å². The van der Waals surface area contributed by atoms with E-state index in [-0.39, 0.29) is 27.3 Å². The van der Waals surface area contributed by atoms with Gasteiger partial charge in [-0.2, -0.15) is 0 Å². The van der Waals surface area contributed by atoms with Crippen molar-refractivity contribution in [1.29, 1.82) is 0 Å². The fourth-order valence-corrected chi connectivity index (χ4v) is 4.65. The third-order valence-corrected chi connectivity index (χ3v) is 6.47. The molecular weight excluding hydrogens is 544 g/mol. The molecule has 0 N–H and O–H groups in total. The summed E-state index contributed by atoms with van der Waals surface area (Å²) in [6, 6.07) is 8.20. The highest BCUT2D eigenvalue weighted by atomic mass is 35.5. The number of carbonyl (C=O) groups is 3. The Hall–Kier alpha value is -1.90. The van der Waals surface area contributed by atoms with Crippen molar-refractivity contribution >= 4 is 81.4 Å². The summed E-state index contributed by atoms with van der Waals surface area (Å²) in [4.78, 5) is 37.9. The van der Waals surface area contributed by atoms with Crippen molar-refractivity contribution in [3.63, 3.8) is 0 Å². The molecule has 34 heavy (non-hydrogen) atoms. The van der Waals surface area contributed by atoms with Crippen molar-refractivity contribution in [2.75, 3.05) is 6.54 Å². The molecule has 180 valence electrons. The van der Waals surface area contributed by atoms with Gasteiger partial charge < -0.3 is 9.47 Å². The summed E-state index contributed by atoms with van der Waals surface area (Å²) in [7, 11) is 0. The number of nitrogens with zero attached hydrogens (tertiary/aromatic N) is 1. The molecule has 2 aromatic carbocycles. The number of amides is 2. The Kier molecular flexibility index (Phi) is 8.47. The molecule has 6 nitrogen and oxygen atoms in total. The molecule has 1 heterocycles. The van der Waals surface area contributed by atoms with E-state index in [1.165, 1.54) is 6.08 Å². The molecule has 0 aliphatic carbocycles. The molecule has 1 aliphatic rings. The maximum atomic E-state index is 12.7. The largest absolute Gasteiger partial charge is 0.486 e. The van der Waals surface area contributed by atoms with Gasteiger partial charge in [-0.15, -0.1) is 0 Å². The molecule has 2 amide bonds. The van der Waals surface area contributed by atoms with Gasteiger partial charge in [-0.25, -0.2) is 0 Å². The molecule has 1 aliphatic heterocycles. The quantitative estimate of drug-likeness (QED) is 0.272. The highest BCUT2D eigenvalue weighted by molar-refractivity contribution is 8.18. The van der Waals surface area contributed by atoms with Gasteiger partial charge in [0, 0.05) is 0 Å². The SMILES string of the molecule is CC(C)(C)OC(=O)CN1C(=O)SC(=Cc2cc(Cl)c(OCc3ccc(Cl)c(Cl)c3)c(Cl)c2)C1=O. The average Bonchev–Trinajstić information content (AvgIpc) is 2.96. The van der Waals surface area contributed by atoms with Crippen LogP contribution in [0.2, 0.25) is 20.1 Å². The van der Waals surface area contributed by atoms with Crippen LogP contribution >= 0.6 is 58.2 Å². The average molecular weight is 563 g/mol. The summed E-state index contributed by atoms with van der Waals surface area (Å²) in [5.41, 5.74) is 0.523. The van der Waals surface area contributed by atoms with Crippen molar-refractivity contribution in [3.05, 3.63) is 66.5 Å². The molecule has 0 atom stereocenters. The number of ether oxygens (including phenoxy) is 2. The lowest BCUT2D eigenvalue weighted by molar-refractivity contribution is -0.156. The molecule has 0 spiro atoms. The first-order valence-corrected chi connectivity index (χ1v) is 12.2. The van der Waals surface area contributed by atoms with Crippen LogP contribution in [0.3, 0.4) is 0 Å². The van der Waals surface area contributed by atoms with E-state index in [0.29, 0.717) is 27.4 Å². The van der Waals surface area contributed by atoms with Crippen LogP contribution in [0.5, 0.6) is 5.75 Å². The van der Waals surface area contributed by atoms with Gasteiger partial charge in [-0.1, -0.05) is 52.5 Å². The van der Waals surface area contributed by atoms with Gasteiger partial charge in [0.05, 0.1) is 25.0 Å². The van der Waals surface area contributed by atoms with E-state index in [2.05, 4.69) is 0 Å². The molecule has 2 aromatic rings. The summed E-state index contributed by atoms with van der Waals surface area (Å²) < 4.78 is 10.9. The van der Waals surface area contributed by atoms with Gasteiger partial charge in [0.25, 0.3) is 11.1 Å². The highest BCUT2D eigenvalue weighted by Crippen LogP contribution is 2.38. The number of benzene rings is 2. The first-order chi connectivity index (χ1) is 15.8. The molecule has 0 aromatic heterocycles. The Morgan fingerprint density at radius 3 is 2.24 bits per heavy atom. The minimum absolute atomic E-state index is 0.130. The molecule has 1 saturated heterocycles. The van der Waals surface area contributed by atoms with E-state index in [1.807, 2.05) is 0 Å². The Morgan fingerprint density at radius 2 is 1.65 bits per heavy atom. The lowest BCUT2D eigenvalue weighted by Gasteiger charge is -2.21. The van der Waals surface area contributed by atoms with Crippen LogP contribution in [-0.2, 0) is 20.9 Å². The molecule has 1 fully saturated rings. The maximum absolute atomic E-state index is 12.7. The van der Waals surface area contributed by atoms with E-state index < -0.39 is 29.3 Å². The number of hydrogen-bond donors (Lipinski definition) is 0. The minimum atomic E-state index is -0.730. The molecule has 0 unspecified atom stereocenters. The van der Waals surface area contributed by atoms with Gasteiger partial charge in [-0.3, -0.25) is 19.3 Å². The smallest absolute Gasteiger partial charge is 0.326 e. The number of carbonyl (C=O) groups excluding carboxylic acids is 3. The van der Waals surface area contributed by atoms with Crippen molar-refractivity contribution in [1.82, 2.24) is 4.90 Å². The second kappa shape index (κ2) is 10.8. The molecule has 3 rings (SSSR count). The van der Waals surface area contributed by atoms with Crippen molar-refractivity contribution in [2.24, 2.45) is 0 Å². The summed E-state index contributed by atoms with van der Waals surface area (Å²) >= 11 is 25.4. The Bertz CT molecular complexity index is 1170. The van der Waals surface area contributed by atoms with Crippen LogP contribution in [0.1, 0.15) is 31.9 Å². The predicted molar refractivity (Wildman–Crippen MR) is 136 cm³/mol. The zero-order valence-corrected chi connectivity index (χ0v) is 22.1. The van der Waals surface area contributed by atoms with Crippen molar-refractivity contribution in [3.8, 4) is 5.75 Å². The van der Waals surface area contributed by atoms with Crippen LogP contribution in [0.25, 0.3) is 6.08 Å². The third kappa shape index (κ3) is 6.83. The molecule has 11 heteroatoms. The summed E-state index contributed by atoms with van der Waals surface area (Å²) in [5.74, 6) is -1.02. The topological polar surface area (TPSA) is 72.9 Å². The van der Waals surface area contributed by atoms with Crippen LogP contribution in [0.15, 0.2) is 35.2 Å². The van der Waals surface area contributed by atoms with Crippen molar-refractivity contribution < 1.29 is 23.9 Å². The summed E-state index contributed by atoms with van der Waals surface area (Å²) in [6.45, 7) is 4.78. The Morgan fingerprint density at radius 1 is 1.00 bits per heavy atom. The predicted octanol–water partition coefficient (Wildman–Crippen LogP) is 7.26. The van der Waals surface area contributed by atoms with Gasteiger partial charge in [0.15, 0.2) is 5.75 Å². The van der Waals surface area contributed by atoms with E-state index in [1.54, 1.807) is 51.1 Å². The minimum Gasteiger partial charge on any atom is -0.486 e. The fourth-order valence-electron chi connectivity index (χ4n) is 2.88. The van der Waals surface area contributed by atoms with E-state index in [0.717, 1.165) is 10.5 Å². The van der Waals surface area contributed by atoms with Crippen LogP contribution in [0, 0.1) is 0 Å².